The van der Waals surface area contributed by atoms with Crippen LogP contribution in [0.15, 0.2) is 54.6 Å². The van der Waals surface area contributed by atoms with Crippen LogP contribution >= 0.6 is 0 Å². The third-order valence-electron chi connectivity index (χ3n) is 3.25. The van der Waals surface area contributed by atoms with Gasteiger partial charge in [-0.25, -0.2) is 0 Å². The molecule has 0 heterocycles. The van der Waals surface area contributed by atoms with Crippen molar-refractivity contribution in [2.75, 3.05) is 19.4 Å². The van der Waals surface area contributed by atoms with Gasteiger partial charge in [0.05, 0.1) is 11.3 Å². The maximum Gasteiger partial charge on any atom is 0.265 e. The molecule has 2 aromatic carbocycles. The highest BCUT2D eigenvalue weighted by Crippen LogP contribution is 2.18. The fourth-order valence-corrected chi connectivity index (χ4v) is 2.01. The molecule has 0 aliphatic rings. The minimum Gasteiger partial charge on any atom is -0.481 e. The van der Waals surface area contributed by atoms with Crippen LogP contribution in [0.4, 0.5) is 5.69 Å². The second kappa shape index (κ2) is 7.45. The molecule has 1 N–H and O–H groups in total. The molecule has 0 spiro atoms. The van der Waals surface area contributed by atoms with Gasteiger partial charge in [0.2, 0.25) is 0 Å². The van der Waals surface area contributed by atoms with Crippen molar-refractivity contribution < 1.29 is 14.3 Å². The van der Waals surface area contributed by atoms with Gasteiger partial charge in [0, 0.05) is 14.1 Å². The molecule has 0 aliphatic heterocycles. The second-order valence-electron chi connectivity index (χ2n) is 5.31. The Balaban J connectivity index is 2.10. The molecule has 2 amide bonds. The van der Waals surface area contributed by atoms with Crippen molar-refractivity contribution >= 4 is 17.5 Å². The molecule has 0 radical (unpaired) electrons. The van der Waals surface area contributed by atoms with E-state index in [9.17, 15) is 9.59 Å². The Bertz CT molecular complexity index is 684. The van der Waals surface area contributed by atoms with Crippen LogP contribution in [0.3, 0.4) is 0 Å². The lowest BCUT2D eigenvalue weighted by Gasteiger charge is -2.17. The van der Waals surface area contributed by atoms with E-state index in [2.05, 4.69) is 5.32 Å². The predicted molar refractivity (Wildman–Crippen MR) is 89.6 cm³/mol. The molecule has 0 bridgehead atoms. The summed E-state index contributed by atoms with van der Waals surface area (Å²) >= 11 is 0. The molecule has 2 rings (SSSR count). The number of carbonyl (C=O) groups excluding carboxylic acids is 2. The van der Waals surface area contributed by atoms with Gasteiger partial charge in [-0.15, -0.1) is 0 Å². The fraction of sp³-hybridized carbons (Fsp3) is 0.222. The molecule has 5 heteroatoms. The van der Waals surface area contributed by atoms with Gasteiger partial charge in [-0.1, -0.05) is 30.3 Å². The summed E-state index contributed by atoms with van der Waals surface area (Å²) in [5.74, 6) is 0.137. The van der Waals surface area contributed by atoms with Crippen LogP contribution < -0.4 is 10.1 Å². The quantitative estimate of drug-likeness (QED) is 0.923. The summed E-state index contributed by atoms with van der Waals surface area (Å²) < 4.78 is 5.59. The number of rotatable bonds is 5. The lowest BCUT2D eigenvalue weighted by molar-refractivity contribution is -0.122. The standard InChI is InChI=1S/C18H20N2O3/c1-13(23-14-9-5-4-6-10-14)17(21)19-16-12-8-7-11-15(16)18(22)20(2)3/h4-13H,1-3H3,(H,19,21)/t13-/m1/s1. The van der Waals surface area contributed by atoms with E-state index in [1.165, 1.54) is 4.90 Å². The Morgan fingerprint density at radius 2 is 1.61 bits per heavy atom. The van der Waals surface area contributed by atoms with Gasteiger partial charge >= 0.3 is 0 Å². The molecule has 0 unspecified atom stereocenters. The maximum absolute atomic E-state index is 12.3. The zero-order chi connectivity index (χ0) is 16.8. The summed E-state index contributed by atoms with van der Waals surface area (Å²) in [5.41, 5.74) is 0.914. The average Bonchev–Trinajstić information content (AvgIpc) is 2.55. The third kappa shape index (κ3) is 4.32. The predicted octanol–water partition coefficient (Wildman–Crippen LogP) is 2.79. The highest BCUT2D eigenvalue weighted by atomic mass is 16.5. The summed E-state index contributed by atoms with van der Waals surface area (Å²) in [5, 5.41) is 2.75. The van der Waals surface area contributed by atoms with E-state index in [1.807, 2.05) is 18.2 Å². The molecule has 0 aliphatic carbocycles. The van der Waals surface area contributed by atoms with E-state index >= 15 is 0 Å². The van der Waals surface area contributed by atoms with Gasteiger partial charge in [-0.2, -0.15) is 0 Å². The number of nitrogens with one attached hydrogen (secondary N) is 1. The molecular weight excluding hydrogens is 292 g/mol. The molecule has 23 heavy (non-hydrogen) atoms. The summed E-state index contributed by atoms with van der Waals surface area (Å²) in [7, 11) is 3.34. The SMILES string of the molecule is C[C@@H](Oc1ccccc1)C(=O)Nc1ccccc1C(=O)N(C)C. The topological polar surface area (TPSA) is 58.6 Å². The van der Waals surface area contributed by atoms with E-state index in [-0.39, 0.29) is 11.8 Å². The molecule has 0 saturated carbocycles. The summed E-state index contributed by atoms with van der Waals surface area (Å²) in [4.78, 5) is 25.9. The van der Waals surface area contributed by atoms with Crippen LogP contribution in [0.1, 0.15) is 17.3 Å². The molecule has 0 aromatic heterocycles. The van der Waals surface area contributed by atoms with E-state index in [1.54, 1.807) is 57.4 Å². The molecule has 2 aromatic rings. The molecule has 5 nitrogen and oxygen atoms in total. The molecule has 0 fully saturated rings. The van der Waals surface area contributed by atoms with Gasteiger partial charge in [0.1, 0.15) is 5.75 Å². The van der Waals surface area contributed by atoms with Crippen LogP contribution in [0.5, 0.6) is 5.75 Å². The summed E-state index contributed by atoms with van der Waals surface area (Å²) in [6.07, 6.45) is -0.681. The monoisotopic (exact) mass is 312 g/mol. The third-order valence-corrected chi connectivity index (χ3v) is 3.25. The van der Waals surface area contributed by atoms with Crippen molar-refractivity contribution in [3.05, 3.63) is 60.2 Å². The van der Waals surface area contributed by atoms with E-state index in [0.717, 1.165) is 0 Å². The van der Waals surface area contributed by atoms with E-state index < -0.39 is 6.10 Å². The Labute approximate surface area is 135 Å². The smallest absolute Gasteiger partial charge is 0.265 e. The van der Waals surface area contributed by atoms with Crippen LogP contribution in [-0.2, 0) is 4.79 Å². The molecule has 120 valence electrons. The zero-order valence-corrected chi connectivity index (χ0v) is 13.4. The van der Waals surface area contributed by atoms with Crippen LogP contribution in [0, 0.1) is 0 Å². The molecule has 1 atom stereocenters. The number of hydrogen-bond acceptors (Lipinski definition) is 3. The number of para-hydroxylation sites is 2. The van der Waals surface area contributed by atoms with Crippen molar-refractivity contribution in [1.82, 2.24) is 4.90 Å². The fourth-order valence-electron chi connectivity index (χ4n) is 2.01. The zero-order valence-electron chi connectivity index (χ0n) is 13.4. The van der Waals surface area contributed by atoms with Gasteiger partial charge in [0.25, 0.3) is 11.8 Å². The minimum absolute atomic E-state index is 0.169. The van der Waals surface area contributed by atoms with Gasteiger partial charge < -0.3 is 15.0 Å². The number of ether oxygens (including phenoxy) is 1. The minimum atomic E-state index is -0.681. The van der Waals surface area contributed by atoms with Crippen LogP contribution in [-0.4, -0.2) is 36.9 Å². The Kier molecular flexibility index (Phi) is 5.36. The van der Waals surface area contributed by atoms with Crippen molar-refractivity contribution in [1.29, 1.82) is 0 Å². The van der Waals surface area contributed by atoms with Crippen LogP contribution in [0.25, 0.3) is 0 Å². The summed E-state index contributed by atoms with van der Waals surface area (Å²) in [6, 6.07) is 16.0. The number of amides is 2. The Hall–Kier alpha value is -2.82. The molecule has 0 saturated heterocycles. The van der Waals surface area contributed by atoms with E-state index in [4.69, 9.17) is 4.74 Å². The van der Waals surface area contributed by atoms with Crippen molar-refractivity contribution in [3.8, 4) is 5.75 Å². The van der Waals surface area contributed by atoms with E-state index in [0.29, 0.717) is 17.0 Å². The maximum atomic E-state index is 12.3. The average molecular weight is 312 g/mol. The normalized spacial score (nSPS) is 11.4. The van der Waals surface area contributed by atoms with Gasteiger partial charge in [-0.05, 0) is 31.2 Å². The summed E-state index contributed by atoms with van der Waals surface area (Å²) in [6.45, 7) is 1.67. The Morgan fingerprint density at radius 1 is 1.00 bits per heavy atom. The number of benzene rings is 2. The molecular formula is C18H20N2O3. The number of anilines is 1. The number of carbonyl (C=O) groups is 2. The second-order valence-corrected chi connectivity index (χ2v) is 5.31. The van der Waals surface area contributed by atoms with Crippen molar-refractivity contribution in [2.45, 2.75) is 13.0 Å². The Morgan fingerprint density at radius 3 is 2.26 bits per heavy atom. The van der Waals surface area contributed by atoms with Crippen molar-refractivity contribution in [2.24, 2.45) is 0 Å². The van der Waals surface area contributed by atoms with Crippen LogP contribution in [0.2, 0.25) is 0 Å². The first-order valence-corrected chi connectivity index (χ1v) is 7.32. The highest BCUT2D eigenvalue weighted by Gasteiger charge is 2.19. The number of nitrogens with zero attached hydrogens (tertiary/aromatic N) is 1. The van der Waals surface area contributed by atoms with Gasteiger partial charge in [0.15, 0.2) is 6.10 Å². The first-order chi connectivity index (χ1) is 11.0. The largest absolute Gasteiger partial charge is 0.481 e. The first kappa shape index (κ1) is 16.5. The number of hydrogen-bond donors (Lipinski definition) is 1. The lowest BCUT2D eigenvalue weighted by Crippen LogP contribution is -2.31. The first-order valence-electron chi connectivity index (χ1n) is 7.32. The van der Waals surface area contributed by atoms with Crippen molar-refractivity contribution in [3.63, 3.8) is 0 Å². The lowest BCUT2D eigenvalue weighted by atomic mass is 10.1. The van der Waals surface area contributed by atoms with Gasteiger partial charge in [-0.3, -0.25) is 9.59 Å². The highest BCUT2D eigenvalue weighted by molar-refractivity contribution is 6.04.